The third-order valence-corrected chi connectivity index (χ3v) is 3.27. The van der Waals surface area contributed by atoms with Crippen LogP contribution in [0.25, 0.3) is 0 Å². The van der Waals surface area contributed by atoms with Crippen molar-refractivity contribution in [2.24, 2.45) is 0 Å². The number of methoxy groups -OCH3 is 1. The van der Waals surface area contributed by atoms with E-state index in [1.165, 1.54) is 0 Å². The highest BCUT2D eigenvalue weighted by Gasteiger charge is 2.15. The minimum Gasteiger partial charge on any atom is -0.383 e. The van der Waals surface area contributed by atoms with E-state index in [0.29, 0.717) is 13.2 Å². The summed E-state index contributed by atoms with van der Waals surface area (Å²) in [6.07, 6.45) is 2.65. The number of aryl methyl sites for hydroxylation is 1. The first-order chi connectivity index (χ1) is 8.17. The van der Waals surface area contributed by atoms with E-state index in [1.54, 1.807) is 18.4 Å². The Bertz CT molecular complexity index is 354. The van der Waals surface area contributed by atoms with Gasteiger partial charge in [-0.1, -0.05) is 6.92 Å². The largest absolute Gasteiger partial charge is 0.383 e. The van der Waals surface area contributed by atoms with E-state index < -0.39 is 0 Å². The van der Waals surface area contributed by atoms with Crippen molar-refractivity contribution in [1.29, 1.82) is 0 Å². The Kier molecular flexibility index (Phi) is 5.93. The molecule has 96 valence electrons. The summed E-state index contributed by atoms with van der Waals surface area (Å²) >= 11 is 1.61. The van der Waals surface area contributed by atoms with Crippen molar-refractivity contribution in [3.05, 3.63) is 16.1 Å². The third kappa shape index (κ3) is 4.70. The minimum atomic E-state index is -0.179. The maximum absolute atomic E-state index is 11.6. The quantitative estimate of drug-likeness (QED) is 0.764. The number of aromatic nitrogens is 1. The lowest BCUT2D eigenvalue weighted by Crippen LogP contribution is -2.39. The number of hydrogen-bond acceptors (Lipinski definition) is 4. The molecule has 0 aromatic carbocycles. The van der Waals surface area contributed by atoms with E-state index in [2.05, 4.69) is 15.6 Å². The highest BCUT2D eigenvalue weighted by molar-refractivity contribution is 7.11. The summed E-state index contributed by atoms with van der Waals surface area (Å²) in [5.74, 6) is 0. The number of nitrogens with one attached hydrogen (secondary N) is 2. The molecule has 5 nitrogen and oxygen atoms in total. The first-order valence-electron chi connectivity index (χ1n) is 5.63. The first-order valence-corrected chi connectivity index (χ1v) is 6.44. The number of rotatable bonds is 6. The number of urea groups is 1. The molecule has 17 heavy (non-hydrogen) atoms. The molecule has 1 rings (SSSR count). The smallest absolute Gasteiger partial charge is 0.315 e. The zero-order valence-electron chi connectivity index (χ0n) is 10.4. The SMILES string of the molecule is CC[C@H](NC(=O)NCCOC)c1ncc(C)s1. The van der Waals surface area contributed by atoms with Gasteiger partial charge in [0.15, 0.2) is 0 Å². The van der Waals surface area contributed by atoms with Crippen LogP contribution in [0.1, 0.15) is 29.3 Å². The van der Waals surface area contributed by atoms with Crippen LogP contribution in [0.5, 0.6) is 0 Å². The number of ether oxygens (including phenoxy) is 1. The van der Waals surface area contributed by atoms with Crippen LogP contribution in [0.3, 0.4) is 0 Å². The second-order valence-corrected chi connectivity index (χ2v) is 4.93. The number of hydrogen-bond donors (Lipinski definition) is 2. The van der Waals surface area contributed by atoms with E-state index in [0.717, 1.165) is 16.3 Å². The van der Waals surface area contributed by atoms with Crippen molar-refractivity contribution in [2.45, 2.75) is 26.3 Å². The van der Waals surface area contributed by atoms with Crippen molar-refractivity contribution >= 4 is 17.4 Å². The van der Waals surface area contributed by atoms with Crippen molar-refractivity contribution in [2.75, 3.05) is 20.3 Å². The number of nitrogens with zero attached hydrogens (tertiary/aromatic N) is 1. The fraction of sp³-hybridized carbons (Fsp3) is 0.636. The Morgan fingerprint density at radius 1 is 1.65 bits per heavy atom. The van der Waals surface area contributed by atoms with Gasteiger partial charge >= 0.3 is 6.03 Å². The molecule has 1 aromatic rings. The standard InChI is InChI=1S/C11H19N3O2S/c1-4-9(10-13-7-8(2)17-10)14-11(15)12-5-6-16-3/h7,9H,4-6H2,1-3H3,(H2,12,14,15)/t9-/m0/s1. The van der Waals surface area contributed by atoms with Gasteiger partial charge in [-0.3, -0.25) is 0 Å². The first kappa shape index (κ1) is 13.9. The van der Waals surface area contributed by atoms with Crippen molar-refractivity contribution in [3.63, 3.8) is 0 Å². The minimum absolute atomic E-state index is 0.0174. The van der Waals surface area contributed by atoms with E-state index in [9.17, 15) is 4.79 Å². The van der Waals surface area contributed by atoms with Gasteiger partial charge in [-0.25, -0.2) is 9.78 Å². The number of carbonyl (C=O) groups is 1. The van der Waals surface area contributed by atoms with Gasteiger partial charge in [-0.05, 0) is 13.3 Å². The molecule has 0 aliphatic carbocycles. The molecule has 1 heterocycles. The summed E-state index contributed by atoms with van der Waals surface area (Å²) in [6, 6.07) is -0.196. The Morgan fingerprint density at radius 3 is 2.94 bits per heavy atom. The molecule has 0 aliphatic heterocycles. The molecule has 0 saturated carbocycles. The summed E-state index contributed by atoms with van der Waals surface area (Å²) in [7, 11) is 1.60. The molecule has 0 aliphatic rings. The predicted molar refractivity (Wildman–Crippen MR) is 68.3 cm³/mol. The number of carbonyl (C=O) groups excluding carboxylic acids is 1. The lowest BCUT2D eigenvalue weighted by molar-refractivity contribution is 0.195. The van der Waals surface area contributed by atoms with Gasteiger partial charge in [-0.15, -0.1) is 11.3 Å². The molecule has 0 fully saturated rings. The number of thiazole rings is 1. The molecule has 1 aromatic heterocycles. The van der Waals surface area contributed by atoms with Crippen molar-refractivity contribution in [3.8, 4) is 0 Å². The van der Waals surface area contributed by atoms with Crippen LogP contribution >= 0.6 is 11.3 Å². The van der Waals surface area contributed by atoms with Crippen LogP contribution in [0.2, 0.25) is 0 Å². The summed E-state index contributed by atoms with van der Waals surface area (Å²) in [4.78, 5) is 17.0. The topological polar surface area (TPSA) is 63.2 Å². The van der Waals surface area contributed by atoms with E-state index in [-0.39, 0.29) is 12.1 Å². The lowest BCUT2D eigenvalue weighted by atomic mass is 10.2. The van der Waals surface area contributed by atoms with Crippen LogP contribution in [0.15, 0.2) is 6.20 Å². The Balaban J connectivity index is 2.44. The van der Waals surface area contributed by atoms with Crippen molar-refractivity contribution in [1.82, 2.24) is 15.6 Å². The van der Waals surface area contributed by atoms with Gasteiger partial charge in [-0.2, -0.15) is 0 Å². The molecule has 0 saturated heterocycles. The Labute approximate surface area is 106 Å². The number of amides is 2. The zero-order chi connectivity index (χ0) is 12.7. The molecule has 1 atom stereocenters. The van der Waals surface area contributed by atoms with E-state index in [4.69, 9.17) is 4.74 Å². The molecule has 2 amide bonds. The Hall–Kier alpha value is -1.14. The Morgan fingerprint density at radius 2 is 2.41 bits per heavy atom. The van der Waals surface area contributed by atoms with E-state index in [1.807, 2.05) is 20.0 Å². The summed E-state index contributed by atoms with van der Waals surface area (Å²) < 4.78 is 4.86. The maximum Gasteiger partial charge on any atom is 0.315 e. The van der Waals surface area contributed by atoms with Gasteiger partial charge in [0, 0.05) is 24.7 Å². The van der Waals surface area contributed by atoms with Gasteiger partial charge in [0.05, 0.1) is 12.6 Å². The fourth-order valence-electron chi connectivity index (χ4n) is 1.35. The second-order valence-electron chi connectivity index (χ2n) is 3.66. The monoisotopic (exact) mass is 257 g/mol. The molecule has 0 bridgehead atoms. The van der Waals surface area contributed by atoms with Crippen molar-refractivity contribution < 1.29 is 9.53 Å². The molecule has 0 radical (unpaired) electrons. The molecule has 0 unspecified atom stereocenters. The molecule has 0 spiro atoms. The lowest BCUT2D eigenvalue weighted by Gasteiger charge is -2.14. The normalized spacial score (nSPS) is 12.2. The highest BCUT2D eigenvalue weighted by atomic mass is 32.1. The van der Waals surface area contributed by atoms with Crippen LogP contribution in [0.4, 0.5) is 4.79 Å². The molecular formula is C11H19N3O2S. The van der Waals surface area contributed by atoms with Gasteiger partial charge < -0.3 is 15.4 Å². The summed E-state index contributed by atoms with van der Waals surface area (Å²) in [5.41, 5.74) is 0. The van der Waals surface area contributed by atoms with Gasteiger partial charge in [0.2, 0.25) is 0 Å². The van der Waals surface area contributed by atoms with Crippen LogP contribution in [0, 0.1) is 6.92 Å². The summed E-state index contributed by atoms with van der Waals surface area (Å²) in [6.45, 7) is 5.06. The maximum atomic E-state index is 11.6. The third-order valence-electron chi connectivity index (χ3n) is 2.24. The second kappa shape index (κ2) is 7.24. The molecular weight excluding hydrogens is 238 g/mol. The molecule has 6 heteroatoms. The van der Waals surface area contributed by atoms with Gasteiger partial charge in [0.1, 0.15) is 5.01 Å². The highest BCUT2D eigenvalue weighted by Crippen LogP contribution is 2.21. The summed E-state index contributed by atoms with van der Waals surface area (Å²) in [5, 5.41) is 6.58. The fourth-order valence-corrected chi connectivity index (χ4v) is 2.26. The van der Waals surface area contributed by atoms with Gasteiger partial charge in [0.25, 0.3) is 0 Å². The van der Waals surface area contributed by atoms with Crippen LogP contribution in [-0.4, -0.2) is 31.3 Å². The van der Waals surface area contributed by atoms with Crippen LogP contribution in [-0.2, 0) is 4.74 Å². The van der Waals surface area contributed by atoms with Crippen LogP contribution < -0.4 is 10.6 Å². The predicted octanol–water partition coefficient (Wildman–Crippen LogP) is 1.85. The zero-order valence-corrected chi connectivity index (χ0v) is 11.3. The molecule has 2 N–H and O–H groups in total. The average molecular weight is 257 g/mol. The van der Waals surface area contributed by atoms with E-state index >= 15 is 0 Å². The average Bonchev–Trinajstić information content (AvgIpc) is 2.73.